The maximum atomic E-state index is 13.1. The number of ether oxygens (including phenoxy) is 1. The van der Waals surface area contributed by atoms with Crippen LogP contribution in [0.25, 0.3) is 33.1 Å². The van der Waals surface area contributed by atoms with Crippen LogP contribution >= 0.6 is 0 Å². The topological polar surface area (TPSA) is 74.5 Å². The molecule has 0 N–H and O–H groups in total. The van der Waals surface area contributed by atoms with E-state index in [0.717, 1.165) is 0 Å². The fourth-order valence-corrected chi connectivity index (χ4v) is 2.85. The Balaban J connectivity index is 1.90. The zero-order valence-electron chi connectivity index (χ0n) is 14.6. The van der Waals surface area contributed by atoms with Crippen LogP contribution in [0.1, 0.15) is 0 Å². The van der Waals surface area contributed by atoms with Crippen LogP contribution in [-0.2, 0) is 6.54 Å². The van der Waals surface area contributed by atoms with Crippen LogP contribution in [0.4, 0.5) is 14.6 Å². The third-order valence-corrected chi connectivity index (χ3v) is 4.09. The molecule has 0 amide bonds. The molecule has 0 aromatic carbocycles. The van der Waals surface area contributed by atoms with Crippen molar-refractivity contribution >= 4 is 11.5 Å². The van der Waals surface area contributed by atoms with Gasteiger partial charge in [-0.05, 0) is 12.1 Å². The highest BCUT2D eigenvalue weighted by Gasteiger charge is 2.21. The SMILES string of the molecule is [C-]#[N+]c1cnc2ccc(-c3c(-c4ccc(OC)nc4)ncn3CC(F)F)nn12. The minimum Gasteiger partial charge on any atom is -0.481 e. The van der Waals surface area contributed by atoms with Gasteiger partial charge in [-0.25, -0.2) is 23.7 Å². The lowest BCUT2D eigenvalue weighted by Gasteiger charge is -2.09. The van der Waals surface area contributed by atoms with Gasteiger partial charge in [-0.3, -0.25) is 0 Å². The molecular weight excluding hydrogens is 368 g/mol. The van der Waals surface area contributed by atoms with Crippen molar-refractivity contribution in [1.29, 1.82) is 0 Å². The molecule has 0 spiro atoms. The van der Waals surface area contributed by atoms with E-state index in [1.807, 2.05) is 0 Å². The summed E-state index contributed by atoms with van der Waals surface area (Å²) in [5.74, 6) is 0.654. The Hall–Kier alpha value is -3.87. The van der Waals surface area contributed by atoms with Gasteiger partial charge in [0.2, 0.25) is 11.5 Å². The van der Waals surface area contributed by atoms with Crippen molar-refractivity contribution in [2.24, 2.45) is 0 Å². The standard InChI is InChI=1S/C18H13F2N7O/c1-21-15-8-22-14-5-4-12(25-27(14)15)18-17(24-10-26(18)9-13(19)20)11-3-6-16(28-2)23-7-11/h3-8,10,13H,9H2,2H3. The van der Waals surface area contributed by atoms with E-state index in [1.165, 1.54) is 28.7 Å². The van der Waals surface area contributed by atoms with E-state index in [4.69, 9.17) is 11.3 Å². The van der Waals surface area contributed by atoms with Crippen LogP contribution in [0.5, 0.6) is 5.88 Å². The molecule has 0 atom stereocenters. The molecule has 10 heteroatoms. The summed E-state index contributed by atoms with van der Waals surface area (Å²) in [6.45, 7) is 6.69. The van der Waals surface area contributed by atoms with Crippen molar-refractivity contribution < 1.29 is 13.5 Å². The average Bonchev–Trinajstić information content (AvgIpc) is 3.30. The fraction of sp³-hybridized carbons (Fsp3) is 0.167. The van der Waals surface area contributed by atoms with Crippen LogP contribution < -0.4 is 4.74 Å². The molecule has 4 aromatic rings. The monoisotopic (exact) mass is 381 g/mol. The highest BCUT2D eigenvalue weighted by Crippen LogP contribution is 2.31. The highest BCUT2D eigenvalue weighted by molar-refractivity contribution is 5.77. The molecule has 4 aromatic heterocycles. The average molecular weight is 381 g/mol. The molecule has 0 bridgehead atoms. The Bertz CT molecular complexity index is 1180. The van der Waals surface area contributed by atoms with Gasteiger partial charge in [-0.1, -0.05) is 11.7 Å². The van der Waals surface area contributed by atoms with Gasteiger partial charge in [0.1, 0.15) is 5.69 Å². The third kappa shape index (κ3) is 3.03. The number of hydrogen-bond acceptors (Lipinski definition) is 5. The Morgan fingerprint density at radius 2 is 2.00 bits per heavy atom. The van der Waals surface area contributed by atoms with Crippen molar-refractivity contribution in [3.8, 4) is 28.5 Å². The predicted molar refractivity (Wildman–Crippen MR) is 96.3 cm³/mol. The van der Waals surface area contributed by atoms with Crippen LogP contribution in [0.3, 0.4) is 0 Å². The molecule has 28 heavy (non-hydrogen) atoms. The second kappa shape index (κ2) is 7.03. The number of rotatable bonds is 5. The van der Waals surface area contributed by atoms with Crippen LogP contribution in [-0.4, -0.2) is 42.7 Å². The quantitative estimate of drug-likeness (QED) is 0.495. The van der Waals surface area contributed by atoms with Gasteiger partial charge in [0, 0.05) is 23.9 Å². The summed E-state index contributed by atoms with van der Waals surface area (Å²) in [5.41, 5.74) is 2.36. The summed E-state index contributed by atoms with van der Waals surface area (Å²) in [4.78, 5) is 15.9. The lowest BCUT2D eigenvalue weighted by atomic mass is 10.1. The van der Waals surface area contributed by atoms with E-state index in [9.17, 15) is 8.78 Å². The van der Waals surface area contributed by atoms with Crippen molar-refractivity contribution in [1.82, 2.24) is 29.1 Å². The maximum absolute atomic E-state index is 13.1. The summed E-state index contributed by atoms with van der Waals surface area (Å²) in [7, 11) is 1.50. The molecule has 4 heterocycles. The number of hydrogen-bond donors (Lipinski definition) is 0. The largest absolute Gasteiger partial charge is 0.481 e. The number of fused-ring (bicyclic) bond motifs is 1. The first-order valence-corrected chi connectivity index (χ1v) is 8.17. The molecule has 0 saturated carbocycles. The van der Waals surface area contributed by atoms with Crippen LogP contribution in [0.2, 0.25) is 0 Å². The molecule has 0 radical (unpaired) electrons. The van der Waals surface area contributed by atoms with Crippen molar-refractivity contribution in [2.45, 2.75) is 13.0 Å². The number of halogens is 2. The Morgan fingerprint density at radius 1 is 1.14 bits per heavy atom. The van der Waals surface area contributed by atoms with Gasteiger partial charge in [-0.2, -0.15) is 0 Å². The zero-order chi connectivity index (χ0) is 19.7. The van der Waals surface area contributed by atoms with Crippen LogP contribution in [0.15, 0.2) is 43.0 Å². The van der Waals surface area contributed by atoms with Gasteiger partial charge in [0.25, 0.3) is 12.2 Å². The van der Waals surface area contributed by atoms with E-state index < -0.39 is 13.0 Å². The van der Waals surface area contributed by atoms with E-state index in [2.05, 4.69) is 24.9 Å². The van der Waals surface area contributed by atoms with E-state index in [1.54, 1.807) is 30.5 Å². The molecule has 0 aliphatic heterocycles. The third-order valence-electron chi connectivity index (χ3n) is 4.09. The molecule has 0 unspecified atom stereocenters. The lowest BCUT2D eigenvalue weighted by Crippen LogP contribution is -2.08. The summed E-state index contributed by atoms with van der Waals surface area (Å²) < 4.78 is 34.0. The van der Waals surface area contributed by atoms with E-state index in [-0.39, 0.29) is 5.82 Å². The minimum atomic E-state index is -2.56. The number of nitrogens with zero attached hydrogens (tertiary/aromatic N) is 7. The first-order valence-electron chi connectivity index (χ1n) is 8.17. The summed E-state index contributed by atoms with van der Waals surface area (Å²) in [5, 5.41) is 4.43. The van der Waals surface area contributed by atoms with Crippen molar-refractivity contribution in [3.63, 3.8) is 0 Å². The minimum absolute atomic E-state index is 0.226. The molecule has 0 aliphatic rings. The summed E-state index contributed by atoms with van der Waals surface area (Å²) >= 11 is 0. The Kier molecular flexibility index (Phi) is 4.41. The first-order chi connectivity index (χ1) is 13.6. The Morgan fingerprint density at radius 3 is 2.68 bits per heavy atom. The highest BCUT2D eigenvalue weighted by atomic mass is 19.3. The molecule has 140 valence electrons. The molecule has 0 fully saturated rings. The van der Waals surface area contributed by atoms with Crippen molar-refractivity contribution in [2.75, 3.05) is 7.11 Å². The number of alkyl halides is 2. The van der Waals surface area contributed by atoms with E-state index >= 15 is 0 Å². The maximum Gasteiger partial charge on any atom is 0.275 e. The molecule has 0 aliphatic carbocycles. The van der Waals surface area contributed by atoms with Gasteiger partial charge in [-0.15, -0.1) is 4.52 Å². The zero-order valence-corrected chi connectivity index (χ0v) is 14.6. The smallest absolute Gasteiger partial charge is 0.275 e. The normalized spacial score (nSPS) is 11.1. The summed E-state index contributed by atoms with van der Waals surface area (Å²) in [6.07, 6.45) is 1.74. The second-order valence-corrected chi connectivity index (χ2v) is 5.79. The number of methoxy groups -OCH3 is 1. The van der Waals surface area contributed by atoms with Crippen molar-refractivity contribution in [3.05, 3.63) is 54.4 Å². The van der Waals surface area contributed by atoms with Gasteiger partial charge in [0.05, 0.1) is 37.6 Å². The predicted octanol–water partition coefficient (Wildman–Crippen LogP) is 3.48. The first kappa shape index (κ1) is 17.5. The van der Waals surface area contributed by atoms with E-state index in [0.29, 0.717) is 34.2 Å². The molecule has 4 rings (SSSR count). The van der Waals surface area contributed by atoms with Gasteiger partial charge in [0.15, 0.2) is 0 Å². The van der Waals surface area contributed by atoms with Gasteiger partial charge >= 0.3 is 0 Å². The lowest BCUT2D eigenvalue weighted by molar-refractivity contribution is 0.127. The molecular formula is C18H13F2N7O. The number of aromatic nitrogens is 6. The Labute approximate surface area is 157 Å². The molecule has 0 saturated heterocycles. The van der Waals surface area contributed by atoms with Gasteiger partial charge < -0.3 is 14.1 Å². The summed E-state index contributed by atoms with van der Waals surface area (Å²) in [6, 6.07) is 6.74. The number of imidazole rings is 2. The second-order valence-electron chi connectivity index (χ2n) is 5.79. The molecule has 8 nitrogen and oxygen atoms in total. The van der Waals surface area contributed by atoms with Crippen LogP contribution in [0, 0.1) is 6.57 Å². The number of pyridine rings is 1. The fourth-order valence-electron chi connectivity index (χ4n) is 2.85.